The number of hydrogen-bond donors (Lipinski definition) is 0. The van der Waals surface area contributed by atoms with Crippen LogP contribution in [-0.2, 0) is 11.8 Å². The Morgan fingerprint density at radius 1 is 0.509 bits per heavy atom. The molecule has 1 heterocycles. The Morgan fingerprint density at radius 2 is 1.15 bits per heavy atom. The van der Waals surface area contributed by atoms with Crippen LogP contribution in [0.1, 0.15) is 42.7 Å². The summed E-state index contributed by atoms with van der Waals surface area (Å²) in [7, 11) is 0. The summed E-state index contributed by atoms with van der Waals surface area (Å²) in [6.45, 7) is 4.71. The zero-order valence-corrected chi connectivity index (χ0v) is 30.1. The predicted octanol–water partition coefficient (Wildman–Crippen LogP) is 13.7. The zero-order valence-electron chi connectivity index (χ0n) is 30.1. The first kappa shape index (κ1) is 31.4. The second kappa shape index (κ2) is 12.4. The van der Waals surface area contributed by atoms with E-state index in [9.17, 15) is 0 Å². The second-order valence-electron chi connectivity index (χ2n) is 14.9. The lowest BCUT2D eigenvalue weighted by Gasteiger charge is -2.28. The van der Waals surface area contributed by atoms with Gasteiger partial charge in [0.25, 0.3) is 0 Å². The number of hydrogen-bond acceptors (Lipinski definition) is 1. The van der Waals surface area contributed by atoms with E-state index in [2.05, 4.69) is 205 Å². The molecule has 0 bridgehead atoms. The molecule has 2 aliphatic carbocycles. The lowest BCUT2D eigenvalue weighted by molar-refractivity contribution is 0.660. The molecule has 7 aromatic carbocycles. The minimum atomic E-state index is -0.0875. The Hall–Kier alpha value is -6.38. The van der Waals surface area contributed by atoms with Crippen molar-refractivity contribution >= 4 is 34.0 Å². The summed E-state index contributed by atoms with van der Waals surface area (Å²) in [5, 5.41) is 1.31. The van der Waals surface area contributed by atoms with Crippen molar-refractivity contribution in [3.8, 4) is 39.1 Å². The standard InChI is InChI=1S/C51H40N2/c1-51(2)47-22-11-9-20-43(47)44-30-29-42(34-48(44)51)52(41-19-13-16-37(32-41)35-14-5-3-6-15-35)40-27-24-36(25-28-40)38-26-31-50-46(33-38)45-21-10-12-23-49(45)53(50)39-17-7-4-8-18-39/h3-11,13-22,24-34H,12,23H2,1-2H3. The quantitative estimate of drug-likeness (QED) is 0.170. The number of allylic oxidation sites excluding steroid dienone is 1. The number of fused-ring (bicyclic) bond motifs is 6. The van der Waals surface area contributed by atoms with E-state index in [1.165, 1.54) is 72.4 Å². The van der Waals surface area contributed by atoms with Crippen LogP contribution in [-0.4, -0.2) is 4.57 Å². The number of benzene rings is 7. The molecule has 2 nitrogen and oxygen atoms in total. The minimum Gasteiger partial charge on any atom is -0.313 e. The molecule has 0 atom stereocenters. The van der Waals surface area contributed by atoms with Gasteiger partial charge in [0, 0.05) is 44.8 Å². The first-order valence-electron chi connectivity index (χ1n) is 18.7. The van der Waals surface area contributed by atoms with Crippen LogP contribution in [0.5, 0.6) is 0 Å². The first-order valence-corrected chi connectivity index (χ1v) is 18.7. The summed E-state index contributed by atoms with van der Waals surface area (Å²) >= 11 is 0. The third kappa shape index (κ3) is 5.17. The molecule has 0 radical (unpaired) electrons. The highest BCUT2D eigenvalue weighted by Gasteiger charge is 2.35. The maximum atomic E-state index is 2.46. The van der Waals surface area contributed by atoms with Crippen molar-refractivity contribution in [2.45, 2.75) is 32.1 Å². The third-order valence-corrected chi connectivity index (χ3v) is 11.5. The number of para-hydroxylation sites is 1. The predicted molar refractivity (Wildman–Crippen MR) is 224 cm³/mol. The second-order valence-corrected chi connectivity index (χ2v) is 14.9. The fourth-order valence-electron chi connectivity index (χ4n) is 8.81. The van der Waals surface area contributed by atoms with Crippen molar-refractivity contribution in [3.63, 3.8) is 0 Å². The van der Waals surface area contributed by atoms with Gasteiger partial charge in [0.2, 0.25) is 0 Å². The number of anilines is 3. The number of nitrogens with zero attached hydrogens (tertiary/aromatic N) is 2. The molecule has 254 valence electrons. The van der Waals surface area contributed by atoms with E-state index in [1.54, 1.807) is 0 Å². The maximum Gasteiger partial charge on any atom is 0.0538 e. The van der Waals surface area contributed by atoms with Crippen molar-refractivity contribution in [2.24, 2.45) is 0 Å². The molecule has 0 unspecified atom stereocenters. The minimum absolute atomic E-state index is 0.0875. The molecule has 0 fully saturated rings. The molecule has 0 aliphatic heterocycles. The van der Waals surface area contributed by atoms with Crippen LogP contribution in [0.3, 0.4) is 0 Å². The Bertz CT molecular complexity index is 2680. The van der Waals surface area contributed by atoms with Gasteiger partial charge >= 0.3 is 0 Å². The molecular formula is C51H40N2. The molecular weight excluding hydrogens is 641 g/mol. The molecule has 0 N–H and O–H groups in total. The monoisotopic (exact) mass is 680 g/mol. The topological polar surface area (TPSA) is 8.17 Å². The normalized spacial score (nSPS) is 13.8. The molecule has 0 amide bonds. The van der Waals surface area contributed by atoms with Crippen LogP contribution in [0.15, 0.2) is 176 Å². The molecule has 0 spiro atoms. The van der Waals surface area contributed by atoms with E-state index >= 15 is 0 Å². The molecule has 1 aromatic heterocycles. The van der Waals surface area contributed by atoms with Crippen molar-refractivity contribution < 1.29 is 0 Å². The summed E-state index contributed by atoms with van der Waals surface area (Å²) in [6, 6.07) is 62.4. The van der Waals surface area contributed by atoms with E-state index in [-0.39, 0.29) is 5.41 Å². The molecule has 0 saturated heterocycles. The van der Waals surface area contributed by atoms with E-state index in [4.69, 9.17) is 0 Å². The average molecular weight is 681 g/mol. The van der Waals surface area contributed by atoms with Gasteiger partial charge in [-0.15, -0.1) is 0 Å². The van der Waals surface area contributed by atoms with Gasteiger partial charge in [-0.2, -0.15) is 0 Å². The first-order chi connectivity index (χ1) is 26.0. The largest absolute Gasteiger partial charge is 0.313 e. The Balaban J connectivity index is 1.08. The highest BCUT2D eigenvalue weighted by atomic mass is 15.1. The summed E-state index contributed by atoms with van der Waals surface area (Å²) in [5.41, 5.74) is 18.8. The van der Waals surface area contributed by atoms with E-state index in [1.807, 2.05) is 0 Å². The van der Waals surface area contributed by atoms with Gasteiger partial charge in [0.1, 0.15) is 0 Å². The Morgan fingerprint density at radius 3 is 1.98 bits per heavy atom. The highest BCUT2D eigenvalue weighted by molar-refractivity contribution is 5.96. The van der Waals surface area contributed by atoms with Crippen LogP contribution >= 0.6 is 0 Å². The molecule has 2 aliphatic rings. The highest BCUT2D eigenvalue weighted by Crippen LogP contribution is 2.51. The lowest BCUT2D eigenvalue weighted by Crippen LogP contribution is -2.16. The third-order valence-electron chi connectivity index (χ3n) is 11.5. The van der Waals surface area contributed by atoms with Gasteiger partial charge < -0.3 is 9.47 Å². The fraction of sp³-hybridized carbons (Fsp3) is 0.0980. The van der Waals surface area contributed by atoms with Crippen LogP contribution < -0.4 is 4.90 Å². The Kier molecular flexibility index (Phi) is 7.33. The number of rotatable bonds is 6. The van der Waals surface area contributed by atoms with Crippen LogP contribution in [0.25, 0.3) is 56.0 Å². The van der Waals surface area contributed by atoms with E-state index < -0.39 is 0 Å². The van der Waals surface area contributed by atoms with Crippen molar-refractivity contribution in [1.82, 2.24) is 4.57 Å². The SMILES string of the molecule is CC1(C)c2ccccc2-c2ccc(N(c3ccc(-c4ccc5c(c4)c4c(n5-c5ccccc5)CCC=C4)cc3)c3cccc(-c4ccccc4)c3)cc21. The van der Waals surface area contributed by atoms with E-state index in [0.29, 0.717) is 0 Å². The van der Waals surface area contributed by atoms with Gasteiger partial charge in [-0.25, -0.2) is 0 Å². The zero-order chi connectivity index (χ0) is 35.5. The van der Waals surface area contributed by atoms with Crippen molar-refractivity contribution in [3.05, 3.63) is 198 Å². The summed E-state index contributed by atoms with van der Waals surface area (Å²) in [5.74, 6) is 0. The van der Waals surface area contributed by atoms with Gasteiger partial charge in [-0.1, -0.05) is 135 Å². The molecule has 10 rings (SSSR count). The average Bonchev–Trinajstić information content (AvgIpc) is 3.67. The summed E-state index contributed by atoms with van der Waals surface area (Å²) in [6.07, 6.45) is 6.76. The number of aromatic nitrogens is 1. The van der Waals surface area contributed by atoms with Crippen LogP contribution in [0.4, 0.5) is 17.1 Å². The van der Waals surface area contributed by atoms with Gasteiger partial charge in [-0.05, 0) is 118 Å². The molecule has 2 heteroatoms. The fourth-order valence-corrected chi connectivity index (χ4v) is 8.81. The van der Waals surface area contributed by atoms with Gasteiger partial charge in [-0.3, -0.25) is 0 Å². The van der Waals surface area contributed by atoms with Crippen molar-refractivity contribution in [1.29, 1.82) is 0 Å². The van der Waals surface area contributed by atoms with Crippen molar-refractivity contribution in [2.75, 3.05) is 4.90 Å². The Labute approximate surface area is 311 Å². The summed E-state index contributed by atoms with van der Waals surface area (Å²) in [4.78, 5) is 2.42. The van der Waals surface area contributed by atoms with E-state index in [0.717, 1.165) is 29.9 Å². The maximum absolute atomic E-state index is 2.46. The molecule has 53 heavy (non-hydrogen) atoms. The van der Waals surface area contributed by atoms with Gasteiger partial charge in [0.15, 0.2) is 0 Å². The molecule has 8 aromatic rings. The van der Waals surface area contributed by atoms with Crippen LogP contribution in [0, 0.1) is 0 Å². The lowest BCUT2D eigenvalue weighted by atomic mass is 9.82. The van der Waals surface area contributed by atoms with Crippen LogP contribution in [0.2, 0.25) is 0 Å². The summed E-state index contributed by atoms with van der Waals surface area (Å²) < 4.78 is 2.46. The van der Waals surface area contributed by atoms with Gasteiger partial charge in [0.05, 0.1) is 5.52 Å². The molecule has 0 saturated carbocycles. The smallest absolute Gasteiger partial charge is 0.0538 e.